The van der Waals surface area contributed by atoms with E-state index in [0.717, 1.165) is 0 Å². The van der Waals surface area contributed by atoms with Gasteiger partial charge in [-0.15, -0.1) is 0 Å². The number of carbonyl (C=O) groups is 3. The van der Waals surface area contributed by atoms with E-state index in [1.165, 1.54) is 29.2 Å². The summed E-state index contributed by atoms with van der Waals surface area (Å²) in [7, 11) is 0. The molecule has 2 aromatic rings. The summed E-state index contributed by atoms with van der Waals surface area (Å²) in [6, 6.07) is 10.3. The van der Waals surface area contributed by atoms with Gasteiger partial charge in [-0.2, -0.15) is 0 Å². The largest absolute Gasteiger partial charge is 0.352 e. The fourth-order valence-corrected chi connectivity index (χ4v) is 2.45. The lowest BCUT2D eigenvalue weighted by Gasteiger charge is -2.23. The molecule has 8 heteroatoms. The highest BCUT2D eigenvalue weighted by molar-refractivity contribution is 6.01. The molecule has 148 valence electrons. The minimum absolute atomic E-state index is 0.0705. The first-order chi connectivity index (χ1) is 13.3. The summed E-state index contributed by atoms with van der Waals surface area (Å²) in [5.74, 6) is -1.17. The summed E-state index contributed by atoms with van der Waals surface area (Å²) in [6.07, 6.45) is 1.37. The van der Waals surface area contributed by atoms with Crippen molar-refractivity contribution in [2.75, 3.05) is 16.8 Å². The van der Waals surface area contributed by atoms with Gasteiger partial charge in [-0.25, -0.2) is 9.37 Å². The van der Waals surface area contributed by atoms with Gasteiger partial charge in [-0.3, -0.25) is 14.4 Å². The highest BCUT2D eigenvalue weighted by Gasteiger charge is 2.20. The zero-order valence-electron chi connectivity index (χ0n) is 15.8. The van der Waals surface area contributed by atoms with Crippen LogP contribution in [0.2, 0.25) is 0 Å². The number of rotatable bonds is 8. The Kier molecular flexibility index (Phi) is 7.62. The van der Waals surface area contributed by atoms with E-state index in [1.807, 2.05) is 13.8 Å². The van der Waals surface area contributed by atoms with Gasteiger partial charge in [-0.05, 0) is 50.2 Å². The number of pyridine rings is 1. The first-order valence-electron chi connectivity index (χ1n) is 8.91. The number of hydrogen-bond acceptors (Lipinski definition) is 4. The normalized spacial score (nSPS) is 10.4. The molecule has 3 amide bonds. The van der Waals surface area contributed by atoms with E-state index in [4.69, 9.17) is 0 Å². The van der Waals surface area contributed by atoms with Gasteiger partial charge < -0.3 is 15.5 Å². The van der Waals surface area contributed by atoms with Crippen LogP contribution in [0.25, 0.3) is 0 Å². The second-order valence-electron chi connectivity index (χ2n) is 6.44. The zero-order chi connectivity index (χ0) is 20.5. The molecular weight excluding hydrogens is 363 g/mol. The number of amides is 3. The quantitative estimate of drug-likeness (QED) is 0.729. The van der Waals surface area contributed by atoms with E-state index in [9.17, 15) is 18.8 Å². The molecule has 7 nitrogen and oxygen atoms in total. The molecule has 0 spiro atoms. The van der Waals surface area contributed by atoms with Crippen LogP contribution in [0.3, 0.4) is 0 Å². The number of nitrogens with zero attached hydrogens (tertiary/aromatic N) is 2. The summed E-state index contributed by atoms with van der Waals surface area (Å²) in [5, 5.41) is 5.31. The zero-order valence-corrected chi connectivity index (χ0v) is 15.8. The molecule has 0 aliphatic heterocycles. The Morgan fingerprint density at radius 3 is 2.36 bits per heavy atom. The highest BCUT2D eigenvalue weighted by atomic mass is 19.1. The van der Waals surface area contributed by atoms with Crippen LogP contribution in [0.15, 0.2) is 48.7 Å². The van der Waals surface area contributed by atoms with Crippen LogP contribution in [0, 0.1) is 5.82 Å². The minimum Gasteiger partial charge on any atom is -0.352 e. The number of carbonyl (C=O) groups excluding carboxylic acids is 3. The van der Waals surface area contributed by atoms with E-state index in [-0.39, 0.29) is 37.2 Å². The molecule has 28 heavy (non-hydrogen) atoms. The first kappa shape index (κ1) is 21.0. The van der Waals surface area contributed by atoms with Crippen LogP contribution in [0.4, 0.5) is 15.9 Å². The van der Waals surface area contributed by atoms with Gasteiger partial charge >= 0.3 is 0 Å². The van der Waals surface area contributed by atoms with Gasteiger partial charge in [0.15, 0.2) is 0 Å². The fourth-order valence-electron chi connectivity index (χ4n) is 2.45. The smallest absolute Gasteiger partial charge is 0.240 e. The maximum atomic E-state index is 13.2. The molecule has 1 heterocycles. The second kappa shape index (κ2) is 10.1. The Bertz CT molecular complexity index is 810. The number of nitrogens with one attached hydrogen (secondary N) is 2. The molecular formula is C20H23FN4O3. The van der Waals surface area contributed by atoms with E-state index in [0.29, 0.717) is 11.5 Å². The van der Waals surface area contributed by atoms with Crippen LogP contribution >= 0.6 is 0 Å². The van der Waals surface area contributed by atoms with Gasteiger partial charge in [0.2, 0.25) is 17.7 Å². The third-order valence-electron chi connectivity index (χ3n) is 3.69. The lowest BCUT2D eigenvalue weighted by atomic mass is 10.2. The summed E-state index contributed by atoms with van der Waals surface area (Å²) < 4.78 is 13.2. The van der Waals surface area contributed by atoms with Crippen LogP contribution in [0.1, 0.15) is 26.7 Å². The third kappa shape index (κ3) is 6.79. The summed E-state index contributed by atoms with van der Waals surface area (Å²) in [5.41, 5.74) is 0.385. The van der Waals surface area contributed by atoms with Gasteiger partial charge in [-0.1, -0.05) is 6.07 Å². The lowest BCUT2D eigenvalue weighted by Crippen LogP contribution is -2.43. The number of anilines is 2. The summed E-state index contributed by atoms with van der Waals surface area (Å²) in [4.78, 5) is 42.1. The van der Waals surface area contributed by atoms with Crippen molar-refractivity contribution in [3.63, 3.8) is 0 Å². The summed E-state index contributed by atoms with van der Waals surface area (Å²) in [6.45, 7) is 3.40. The Morgan fingerprint density at radius 2 is 1.75 bits per heavy atom. The monoisotopic (exact) mass is 386 g/mol. The molecule has 0 radical (unpaired) electrons. The Hall–Kier alpha value is -3.29. The Labute approximate surface area is 163 Å². The molecule has 1 aromatic carbocycles. The standard InChI is InChI=1S/C20H23FN4O3/c1-14(2)23-19(27)13-25(16-8-6-15(21)7-9-16)20(28)11-10-18(26)24-17-5-3-4-12-22-17/h3-9,12,14H,10-11,13H2,1-2H3,(H,23,27)(H,22,24,26). The van der Waals surface area contributed by atoms with Crippen molar-refractivity contribution in [1.29, 1.82) is 0 Å². The predicted molar refractivity (Wildman–Crippen MR) is 104 cm³/mol. The van der Waals surface area contributed by atoms with Crippen molar-refractivity contribution < 1.29 is 18.8 Å². The minimum atomic E-state index is -0.447. The average Bonchev–Trinajstić information content (AvgIpc) is 2.65. The average molecular weight is 386 g/mol. The molecule has 0 aliphatic rings. The predicted octanol–water partition coefficient (Wildman–Crippen LogP) is 2.50. The molecule has 0 bridgehead atoms. The maximum absolute atomic E-state index is 13.2. The molecule has 0 unspecified atom stereocenters. The van der Waals surface area contributed by atoms with Gasteiger partial charge in [0.05, 0.1) is 0 Å². The fraction of sp³-hybridized carbons (Fsp3) is 0.300. The number of benzene rings is 1. The number of hydrogen-bond donors (Lipinski definition) is 2. The number of halogens is 1. The van der Waals surface area contributed by atoms with Crippen molar-refractivity contribution in [3.05, 3.63) is 54.5 Å². The van der Waals surface area contributed by atoms with E-state index in [2.05, 4.69) is 15.6 Å². The SMILES string of the molecule is CC(C)NC(=O)CN(C(=O)CCC(=O)Nc1ccccn1)c1ccc(F)cc1. The van der Waals surface area contributed by atoms with E-state index in [1.54, 1.807) is 24.4 Å². The Morgan fingerprint density at radius 1 is 1.04 bits per heavy atom. The molecule has 1 aromatic heterocycles. The van der Waals surface area contributed by atoms with Crippen molar-refractivity contribution in [2.24, 2.45) is 0 Å². The van der Waals surface area contributed by atoms with Crippen molar-refractivity contribution in [2.45, 2.75) is 32.7 Å². The van der Waals surface area contributed by atoms with Crippen molar-refractivity contribution in [3.8, 4) is 0 Å². The van der Waals surface area contributed by atoms with E-state index < -0.39 is 11.7 Å². The van der Waals surface area contributed by atoms with Crippen LogP contribution < -0.4 is 15.5 Å². The van der Waals surface area contributed by atoms with Crippen LogP contribution in [0.5, 0.6) is 0 Å². The molecule has 0 fully saturated rings. The molecule has 0 aliphatic carbocycles. The molecule has 2 rings (SSSR count). The van der Waals surface area contributed by atoms with Crippen molar-refractivity contribution >= 4 is 29.2 Å². The number of aromatic nitrogens is 1. The topological polar surface area (TPSA) is 91.4 Å². The second-order valence-corrected chi connectivity index (χ2v) is 6.44. The Balaban J connectivity index is 2.02. The van der Waals surface area contributed by atoms with Crippen molar-refractivity contribution in [1.82, 2.24) is 10.3 Å². The van der Waals surface area contributed by atoms with Gasteiger partial charge in [0.25, 0.3) is 0 Å². The summed E-state index contributed by atoms with van der Waals surface area (Å²) >= 11 is 0. The molecule has 2 N–H and O–H groups in total. The lowest BCUT2D eigenvalue weighted by molar-refractivity contribution is -0.125. The van der Waals surface area contributed by atoms with Crippen LogP contribution in [-0.4, -0.2) is 35.3 Å². The molecule has 0 atom stereocenters. The highest BCUT2D eigenvalue weighted by Crippen LogP contribution is 2.16. The first-order valence-corrected chi connectivity index (χ1v) is 8.91. The maximum Gasteiger partial charge on any atom is 0.240 e. The molecule has 0 saturated carbocycles. The van der Waals surface area contributed by atoms with Gasteiger partial charge in [0.1, 0.15) is 18.2 Å². The van der Waals surface area contributed by atoms with Gasteiger partial charge in [0, 0.05) is 30.8 Å². The third-order valence-corrected chi connectivity index (χ3v) is 3.69. The van der Waals surface area contributed by atoms with Crippen LogP contribution in [-0.2, 0) is 14.4 Å². The molecule has 0 saturated heterocycles. The van der Waals surface area contributed by atoms with E-state index >= 15 is 0 Å².